The smallest absolute Gasteiger partial charge is 0.251 e. The minimum absolute atomic E-state index is 0.158. The Labute approximate surface area is 212 Å². The van der Waals surface area contributed by atoms with Crippen LogP contribution in [0.4, 0.5) is 0 Å². The zero-order chi connectivity index (χ0) is 25.7. The van der Waals surface area contributed by atoms with Crippen molar-refractivity contribution in [3.63, 3.8) is 0 Å². The van der Waals surface area contributed by atoms with E-state index in [1.807, 2.05) is 43.3 Å². The number of rotatable bonds is 8. The minimum atomic E-state index is -3.93. The van der Waals surface area contributed by atoms with E-state index in [-0.39, 0.29) is 11.5 Å². The van der Waals surface area contributed by atoms with E-state index in [1.54, 1.807) is 55.5 Å². The molecule has 1 aliphatic rings. The quantitative estimate of drug-likeness (QED) is 0.495. The number of hydrogen-bond donors (Lipinski definition) is 1. The molecule has 1 heterocycles. The van der Waals surface area contributed by atoms with Gasteiger partial charge < -0.3 is 19.5 Å². The summed E-state index contributed by atoms with van der Waals surface area (Å²) in [5.74, 6) is -0.401. The molecule has 1 N–H and O–H groups in total. The highest BCUT2D eigenvalue weighted by atomic mass is 32.2. The van der Waals surface area contributed by atoms with Gasteiger partial charge in [-0.15, -0.1) is 0 Å². The fraction of sp³-hybridized carbons (Fsp3) is 0.321. The number of sulfone groups is 1. The van der Waals surface area contributed by atoms with Gasteiger partial charge in [0.1, 0.15) is 11.4 Å². The van der Waals surface area contributed by atoms with E-state index in [2.05, 4.69) is 5.32 Å². The van der Waals surface area contributed by atoms with Crippen LogP contribution in [0.2, 0.25) is 0 Å². The fourth-order valence-electron chi connectivity index (χ4n) is 4.47. The summed E-state index contributed by atoms with van der Waals surface area (Å²) in [5.41, 5.74) is 2.26. The van der Waals surface area contributed by atoms with Crippen LogP contribution < -0.4 is 5.32 Å². The first-order chi connectivity index (χ1) is 17.3. The average molecular weight is 510 g/mol. The summed E-state index contributed by atoms with van der Waals surface area (Å²) < 4.78 is 45.7. The van der Waals surface area contributed by atoms with Crippen molar-refractivity contribution in [2.75, 3.05) is 7.11 Å². The van der Waals surface area contributed by atoms with Gasteiger partial charge in [0.25, 0.3) is 5.91 Å². The molecule has 5 atom stereocenters. The van der Waals surface area contributed by atoms with E-state index in [1.165, 1.54) is 7.11 Å². The molecule has 0 spiro atoms. The average Bonchev–Trinajstić information content (AvgIpc) is 2.89. The Bertz CT molecular complexity index is 1250. The van der Waals surface area contributed by atoms with Crippen molar-refractivity contribution in [3.8, 4) is 0 Å². The molecule has 0 aromatic heterocycles. The lowest BCUT2D eigenvalue weighted by molar-refractivity contribution is -0.245. The summed E-state index contributed by atoms with van der Waals surface area (Å²) in [5, 5.41) is 1.84. The largest absolute Gasteiger partial charge is 0.366 e. The Hall–Kier alpha value is -3.04. The van der Waals surface area contributed by atoms with Crippen LogP contribution in [0.15, 0.2) is 89.8 Å². The highest BCUT2D eigenvalue weighted by Crippen LogP contribution is 2.33. The van der Waals surface area contributed by atoms with Gasteiger partial charge in [-0.05, 0) is 43.7 Å². The maximum atomic E-state index is 13.9. The van der Waals surface area contributed by atoms with Crippen LogP contribution in [0.5, 0.6) is 0 Å². The van der Waals surface area contributed by atoms with Crippen molar-refractivity contribution in [1.29, 1.82) is 0 Å². The van der Waals surface area contributed by atoms with Crippen molar-refractivity contribution in [3.05, 3.63) is 102 Å². The van der Waals surface area contributed by atoms with Gasteiger partial charge >= 0.3 is 0 Å². The Kier molecular flexibility index (Phi) is 8.21. The van der Waals surface area contributed by atoms with Gasteiger partial charge in [0.15, 0.2) is 16.1 Å². The molecular weight excluding hydrogens is 478 g/mol. The first-order valence-corrected chi connectivity index (χ1v) is 13.4. The normalized spacial score (nSPS) is 24.2. The number of carbonyl (C=O) groups excluding carboxylic acids is 1. The highest BCUT2D eigenvalue weighted by Gasteiger charge is 2.52. The van der Waals surface area contributed by atoms with Crippen LogP contribution in [0, 0.1) is 6.92 Å². The molecule has 190 valence electrons. The van der Waals surface area contributed by atoms with Crippen LogP contribution in [-0.2, 0) is 30.7 Å². The SMILES string of the molecule is CO[C@H]1O[C@H](C)[C@@H](S(=O)(=O)c2ccc(C)cc2)[C@H](NC(=O)c2ccccc2)[C@H]1OCc1ccccc1. The molecule has 8 heteroatoms. The summed E-state index contributed by atoms with van der Waals surface area (Å²) in [6.45, 7) is 3.76. The van der Waals surface area contributed by atoms with Crippen molar-refractivity contribution in [1.82, 2.24) is 5.32 Å². The number of benzene rings is 3. The lowest BCUT2D eigenvalue weighted by atomic mass is 9.98. The maximum absolute atomic E-state index is 13.9. The summed E-state index contributed by atoms with van der Waals surface area (Å²) in [6.07, 6.45) is -2.54. The van der Waals surface area contributed by atoms with E-state index in [9.17, 15) is 13.2 Å². The van der Waals surface area contributed by atoms with Crippen molar-refractivity contribution < 1.29 is 27.4 Å². The molecule has 0 unspecified atom stereocenters. The number of nitrogens with one attached hydrogen (secondary N) is 1. The van der Waals surface area contributed by atoms with E-state index in [0.717, 1.165) is 11.1 Å². The number of ether oxygens (including phenoxy) is 3. The molecule has 1 aliphatic heterocycles. The van der Waals surface area contributed by atoms with Gasteiger partial charge in [0.05, 0.1) is 23.6 Å². The maximum Gasteiger partial charge on any atom is 0.251 e. The summed E-state index contributed by atoms with van der Waals surface area (Å²) in [7, 11) is -2.45. The second kappa shape index (κ2) is 11.3. The van der Waals surface area contributed by atoms with E-state index < -0.39 is 45.5 Å². The zero-order valence-electron chi connectivity index (χ0n) is 20.5. The molecule has 7 nitrogen and oxygen atoms in total. The van der Waals surface area contributed by atoms with Crippen molar-refractivity contribution in [2.45, 2.75) is 55.1 Å². The standard InChI is InChI=1S/C28H31NO6S/c1-19-14-16-23(17-15-19)36(31,32)26-20(2)35-28(33-3)25(34-18-21-10-6-4-7-11-21)24(26)29-27(30)22-12-8-5-9-13-22/h4-17,20,24-26,28H,18H2,1-3H3,(H,29,30)/t20-,24-,25-,26-,28+/m1/s1. The van der Waals surface area contributed by atoms with E-state index >= 15 is 0 Å². The number of amides is 1. The summed E-state index contributed by atoms with van der Waals surface area (Å²) in [4.78, 5) is 13.4. The predicted octanol–water partition coefficient (Wildman–Crippen LogP) is 3.91. The topological polar surface area (TPSA) is 90.9 Å². The third-order valence-corrected chi connectivity index (χ3v) is 8.67. The van der Waals surface area contributed by atoms with Crippen LogP contribution in [-0.4, -0.2) is 51.2 Å². The minimum Gasteiger partial charge on any atom is -0.366 e. The van der Waals surface area contributed by atoms with Crippen molar-refractivity contribution in [2.24, 2.45) is 0 Å². The number of methoxy groups -OCH3 is 1. The van der Waals surface area contributed by atoms with Crippen LogP contribution >= 0.6 is 0 Å². The Morgan fingerprint density at radius 2 is 1.56 bits per heavy atom. The fourth-order valence-corrected chi connectivity index (χ4v) is 6.48. The molecule has 0 radical (unpaired) electrons. The highest BCUT2D eigenvalue weighted by molar-refractivity contribution is 7.92. The lowest BCUT2D eigenvalue weighted by Gasteiger charge is -2.45. The summed E-state index contributed by atoms with van der Waals surface area (Å²) in [6, 6.07) is 23.9. The van der Waals surface area contributed by atoms with E-state index in [4.69, 9.17) is 14.2 Å². The lowest BCUT2D eigenvalue weighted by Crippen LogP contribution is -2.66. The number of aryl methyl sites for hydroxylation is 1. The molecule has 3 aromatic rings. The molecule has 4 rings (SSSR count). The molecule has 0 saturated carbocycles. The second-order valence-electron chi connectivity index (χ2n) is 8.89. The molecule has 1 fully saturated rings. The van der Waals surface area contributed by atoms with E-state index in [0.29, 0.717) is 5.56 Å². The number of carbonyl (C=O) groups is 1. The third-order valence-electron chi connectivity index (χ3n) is 6.35. The van der Waals surface area contributed by atoms with Gasteiger partial charge in [0.2, 0.25) is 0 Å². The molecule has 0 bridgehead atoms. The van der Waals surface area contributed by atoms with Crippen molar-refractivity contribution >= 4 is 15.7 Å². The monoisotopic (exact) mass is 509 g/mol. The Balaban J connectivity index is 1.73. The molecule has 0 aliphatic carbocycles. The third kappa shape index (κ3) is 5.68. The first-order valence-electron chi connectivity index (χ1n) is 11.8. The molecule has 1 saturated heterocycles. The second-order valence-corrected chi connectivity index (χ2v) is 11.0. The Morgan fingerprint density at radius 3 is 2.17 bits per heavy atom. The van der Waals surface area contributed by atoms with Crippen LogP contribution in [0.25, 0.3) is 0 Å². The summed E-state index contributed by atoms with van der Waals surface area (Å²) >= 11 is 0. The van der Waals surface area contributed by atoms with Gasteiger partial charge in [0, 0.05) is 12.7 Å². The van der Waals surface area contributed by atoms with Gasteiger partial charge in [-0.2, -0.15) is 0 Å². The Morgan fingerprint density at radius 1 is 0.944 bits per heavy atom. The number of hydrogen-bond acceptors (Lipinski definition) is 6. The molecule has 36 heavy (non-hydrogen) atoms. The zero-order valence-corrected chi connectivity index (χ0v) is 21.4. The first kappa shape index (κ1) is 26.0. The van der Waals surface area contributed by atoms with Crippen LogP contribution in [0.3, 0.4) is 0 Å². The van der Waals surface area contributed by atoms with Gasteiger partial charge in [-0.3, -0.25) is 4.79 Å². The molecular formula is C28H31NO6S. The predicted molar refractivity (Wildman–Crippen MR) is 136 cm³/mol. The van der Waals surface area contributed by atoms with Crippen LogP contribution in [0.1, 0.15) is 28.4 Å². The molecule has 3 aromatic carbocycles. The molecule has 1 amide bonds. The van der Waals surface area contributed by atoms with Gasteiger partial charge in [-0.25, -0.2) is 8.42 Å². The van der Waals surface area contributed by atoms with Gasteiger partial charge in [-0.1, -0.05) is 66.2 Å².